The molecular formula is C70H58O2. The molecule has 3 aliphatic rings. The van der Waals surface area contributed by atoms with Crippen molar-refractivity contribution in [1.82, 2.24) is 0 Å². The first-order valence-electron chi connectivity index (χ1n) is 25.9. The quantitative estimate of drug-likeness (QED) is 0.161. The summed E-state index contributed by atoms with van der Waals surface area (Å²) >= 11 is 0. The topological polar surface area (TPSA) is 26.3 Å². The Morgan fingerprint density at radius 3 is 1.81 bits per heavy atom. The van der Waals surface area contributed by atoms with Crippen LogP contribution >= 0.6 is 0 Å². The van der Waals surface area contributed by atoms with Gasteiger partial charge < -0.3 is 8.83 Å². The summed E-state index contributed by atoms with van der Waals surface area (Å²) in [4.78, 5) is 0. The van der Waals surface area contributed by atoms with Crippen molar-refractivity contribution in [1.29, 1.82) is 0 Å². The van der Waals surface area contributed by atoms with Gasteiger partial charge in [-0.15, -0.1) is 0 Å². The number of fused-ring (bicyclic) bond motifs is 17. The van der Waals surface area contributed by atoms with Gasteiger partial charge in [0.1, 0.15) is 22.3 Å². The van der Waals surface area contributed by atoms with Gasteiger partial charge in [0, 0.05) is 43.4 Å². The highest BCUT2D eigenvalue weighted by atomic mass is 16.3. The van der Waals surface area contributed by atoms with Gasteiger partial charge >= 0.3 is 0 Å². The molecule has 2 heteroatoms. The summed E-state index contributed by atoms with van der Waals surface area (Å²) in [5.74, 6) is 0. The van der Waals surface area contributed by atoms with Crippen LogP contribution in [0.25, 0.3) is 100 Å². The molecule has 0 N–H and O–H groups in total. The third-order valence-corrected chi connectivity index (χ3v) is 17.4. The number of rotatable bonds is 5. The summed E-state index contributed by atoms with van der Waals surface area (Å²) in [6.45, 7) is 23.4. The fourth-order valence-electron chi connectivity index (χ4n) is 14.0. The van der Waals surface area contributed by atoms with E-state index in [4.69, 9.17) is 8.83 Å². The summed E-state index contributed by atoms with van der Waals surface area (Å²) in [5.41, 5.74) is 32.2. The Balaban J connectivity index is 0.888. The van der Waals surface area contributed by atoms with Gasteiger partial charge in [-0.2, -0.15) is 0 Å². The highest BCUT2D eigenvalue weighted by Gasteiger charge is 2.43. The number of para-hydroxylation sites is 2. The number of aryl methyl sites for hydroxylation is 4. The van der Waals surface area contributed by atoms with Crippen LogP contribution in [0.2, 0.25) is 0 Å². The number of benzene rings is 9. The van der Waals surface area contributed by atoms with Gasteiger partial charge in [0.05, 0.1) is 0 Å². The molecule has 0 aliphatic heterocycles. The van der Waals surface area contributed by atoms with Crippen LogP contribution in [0.1, 0.15) is 114 Å². The molecule has 9 aromatic carbocycles. The summed E-state index contributed by atoms with van der Waals surface area (Å²) in [6.07, 6.45) is 3.30. The lowest BCUT2D eigenvalue weighted by atomic mass is 9.79. The van der Waals surface area contributed by atoms with Crippen molar-refractivity contribution in [2.24, 2.45) is 0 Å². The maximum absolute atomic E-state index is 6.81. The Kier molecular flexibility index (Phi) is 8.81. The number of furan rings is 2. The molecule has 0 amide bonds. The minimum Gasteiger partial charge on any atom is -0.456 e. The number of hydrogen-bond acceptors (Lipinski definition) is 2. The first-order chi connectivity index (χ1) is 34.6. The summed E-state index contributed by atoms with van der Waals surface area (Å²) < 4.78 is 13.3. The average Bonchev–Trinajstić information content (AvgIpc) is 4.09. The first kappa shape index (κ1) is 43.1. The van der Waals surface area contributed by atoms with Crippen molar-refractivity contribution in [2.75, 3.05) is 0 Å². The van der Waals surface area contributed by atoms with Crippen LogP contribution in [0.4, 0.5) is 0 Å². The van der Waals surface area contributed by atoms with Crippen molar-refractivity contribution in [2.45, 2.75) is 91.9 Å². The zero-order chi connectivity index (χ0) is 49.3. The molecule has 0 saturated heterocycles. The Bertz CT molecular complexity index is 4220. The van der Waals surface area contributed by atoms with Gasteiger partial charge in [0.2, 0.25) is 0 Å². The molecule has 0 spiro atoms. The van der Waals surface area contributed by atoms with Gasteiger partial charge in [0.25, 0.3) is 0 Å². The van der Waals surface area contributed by atoms with E-state index in [1.807, 2.05) is 0 Å². The van der Waals surface area contributed by atoms with E-state index in [2.05, 4.69) is 227 Å². The van der Waals surface area contributed by atoms with Crippen LogP contribution in [-0.2, 0) is 22.7 Å². The molecule has 2 aromatic heterocycles. The van der Waals surface area contributed by atoms with E-state index in [1.165, 1.54) is 138 Å². The molecule has 3 aliphatic carbocycles. The van der Waals surface area contributed by atoms with Crippen molar-refractivity contribution < 1.29 is 8.83 Å². The van der Waals surface area contributed by atoms with E-state index in [0.29, 0.717) is 0 Å². The Morgan fingerprint density at radius 1 is 0.431 bits per heavy atom. The molecule has 11 aromatic rings. The van der Waals surface area contributed by atoms with Gasteiger partial charge in [-0.05, 0) is 176 Å². The smallest absolute Gasteiger partial charge is 0.143 e. The zero-order valence-corrected chi connectivity index (χ0v) is 43.0. The maximum atomic E-state index is 6.81. The standard InChI is InChI=1S/C70H58O2/c1-38-16-15-17-44(30-38)50-35-58-63(66-49-19-12-14-21-60(49)72-67(50)66)47-25-23-43(34-55(47)70(58,9)10)32-45(62-40(3)28-39(2)29-41(62)4)31-42-22-24-46-51-36-57-52(37-56(51)69(7,8)54(46)33-42)64-53(68(57,5)6)26-27-61-65(64)48-18-11-13-20-59(48)71-61/h11-30,32-37H,31H2,1-10H3/b45-32-. The third-order valence-electron chi connectivity index (χ3n) is 17.4. The normalized spacial score (nSPS) is 15.6. The van der Waals surface area contributed by atoms with E-state index < -0.39 is 0 Å². The van der Waals surface area contributed by atoms with E-state index in [9.17, 15) is 0 Å². The van der Waals surface area contributed by atoms with Crippen molar-refractivity contribution in [3.8, 4) is 44.5 Å². The van der Waals surface area contributed by atoms with Crippen LogP contribution in [0.3, 0.4) is 0 Å². The molecule has 0 saturated carbocycles. The van der Waals surface area contributed by atoms with Gasteiger partial charge in [-0.1, -0.05) is 174 Å². The Labute approximate surface area is 422 Å². The minimum absolute atomic E-state index is 0.151. The summed E-state index contributed by atoms with van der Waals surface area (Å²) in [5, 5.41) is 4.81. The maximum Gasteiger partial charge on any atom is 0.143 e. The molecule has 0 radical (unpaired) electrons. The first-order valence-corrected chi connectivity index (χ1v) is 25.9. The van der Waals surface area contributed by atoms with Crippen LogP contribution in [0, 0.1) is 27.7 Å². The lowest BCUT2D eigenvalue weighted by Gasteiger charge is -2.24. The summed E-state index contributed by atoms with van der Waals surface area (Å²) in [7, 11) is 0. The molecule has 2 nitrogen and oxygen atoms in total. The van der Waals surface area contributed by atoms with Gasteiger partial charge in [-0.25, -0.2) is 0 Å². The zero-order valence-electron chi connectivity index (χ0n) is 43.0. The predicted octanol–water partition coefficient (Wildman–Crippen LogP) is 19.1. The Hall–Kier alpha value is -7.68. The fourth-order valence-corrected chi connectivity index (χ4v) is 14.0. The van der Waals surface area contributed by atoms with Gasteiger partial charge in [-0.3, -0.25) is 0 Å². The molecule has 0 unspecified atom stereocenters. The number of allylic oxidation sites excluding steroid dienone is 1. The van der Waals surface area contributed by atoms with E-state index in [0.717, 1.165) is 34.3 Å². The highest BCUT2D eigenvalue weighted by Crippen LogP contribution is 2.59. The Morgan fingerprint density at radius 2 is 1.04 bits per heavy atom. The van der Waals surface area contributed by atoms with E-state index in [-0.39, 0.29) is 16.2 Å². The molecule has 0 fully saturated rings. The SMILES string of the molecule is Cc1cccc(-c2cc3c(c4c2oc2ccccc24)-c2ccc(/C=C(/Cc4ccc5c(c4)C(C)(C)c4cc6c(cc4-5)C(C)(C)c4ccc5oc7ccccc7c5c4-6)c4c(C)cc(C)cc4C)cc2C3(C)C)c1. The van der Waals surface area contributed by atoms with E-state index in [1.54, 1.807) is 0 Å². The second kappa shape index (κ2) is 14.7. The second-order valence-electron chi connectivity index (χ2n) is 23.1. The monoisotopic (exact) mass is 930 g/mol. The third kappa shape index (κ3) is 5.90. The summed E-state index contributed by atoms with van der Waals surface area (Å²) in [6, 6.07) is 57.2. The second-order valence-corrected chi connectivity index (χ2v) is 23.1. The highest BCUT2D eigenvalue weighted by molar-refractivity contribution is 6.19. The van der Waals surface area contributed by atoms with Crippen LogP contribution in [-0.4, -0.2) is 0 Å². The molecule has 0 atom stereocenters. The van der Waals surface area contributed by atoms with Crippen molar-refractivity contribution in [3.05, 3.63) is 224 Å². The van der Waals surface area contributed by atoms with E-state index >= 15 is 0 Å². The molecule has 2 heterocycles. The van der Waals surface area contributed by atoms with Crippen molar-refractivity contribution >= 4 is 55.5 Å². The van der Waals surface area contributed by atoms with Crippen molar-refractivity contribution in [3.63, 3.8) is 0 Å². The molecule has 350 valence electrons. The van der Waals surface area contributed by atoms with Crippen LogP contribution < -0.4 is 0 Å². The average molecular weight is 931 g/mol. The molecular weight excluding hydrogens is 873 g/mol. The van der Waals surface area contributed by atoms with Crippen LogP contribution in [0.15, 0.2) is 160 Å². The minimum atomic E-state index is -0.244. The predicted molar refractivity (Wildman–Crippen MR) is 303 cm³/mol. The lowest BCUT2D eigenvalue weighted by molar-refractivity contribution is 0.650. The molecule has 14 rings (SSSR count). The molecule has 0 bridgehead atoms. The fraction of sp³-hybridized carbons (Fsp3) is 0.200. The number of hydrogen-bond donors (Lipinski definition) is 0. The van der Waals surface area contributed by atoms with Gasteiger partial charge in [0.15, 0.2) is 0 Å². The largest absolute Gasteiger partial charge is 0.456 e. The lowest BCUT2D eigenvalue weighted by Crippen LogP contribution is -2.17. The molecule has 72 heavy (non-hydrogen) atoms. The van der Waals surface area contributed by atoms with Crippen LogP contribution in [0.5, 0.6) is 0 Å².